The Balaban J connectivity index is 1.19. The molecule has 1 atom stereocenters. The molecular weight excluding hydrogens is 446 g/mol. The van der Waals surface area contributed by atoms with Crippen molar-refractivity contribution in [3.8, 4) is 0 Å². The van der Waals surface area contributed by atoms with Crippen molar-refractivity contribution in [3.05, 3.63) is 58.3 Å². The van der Waals surface area contributed by atoms with Gasteiger partial charge in [0.25, 0.3) is 5.56 Å². The molecule has 0 amide bonds. The van der Waals surface area contributed by atoms with E-state index in [1.807, 2.05) is 30.5 Å². The highest BCUT2D eigenvalue weighted by molar-refractivity contribution is 5.80. The SMILES string of the molecule is Cc1cnc(NCC2CCCN2C2CCOCC2)c(=O)n1CC(=O)OCc1ccc2[nH]ccc2c1. The Bertz CT molecular complexity index is 1230. The molecule has 0 radical (unpaired) electrons. The van der Waals surface area contributed by atoms with Crippen LogP contribution in [0.4, 0.5) is 5.82 Å². The minimum Gasteiger partial charge on any atom is -0.459 e. The third-order valence-corrected chi connectivity index (χ3v) is 7.15. The molecule has 2 aliphatic rings. The summed E-state index contributed by atoms with van der Waals surface area (Å²) in [5.74, 6) is -0.178. The number of hydrogen-bond donors (Lipinski definition) is 2. The first-order valence-electron chi connectivity index (χ1n) is 12.4. The first-order valence-corrected chi connectivity index (χ1v) is 12.4. The number of anilines is 1. The number of likely N-dealkylation sites (tertiary alicyclic amines) is 1. The zero-order chi connectivity index (χ0) is 24.2. The number of ether oxygens (including phenoxy) is 2. The van der Waals surface area contributed by atoms with Gasteiger partial charge in [-0.05, 0) is 68.3 Å². The molecule has 186 valence electrons. The van der Waals surface area contributed by atoms with Gasteiger partial charge in [-0.2, -0.15) is 0 Å². The minimum absolute atomic E-state index is 0.147. The second kappa shape index (κ2) is 10.6. The van der Waals surface area contributed by atoms with Crippen molar-refractivity contribution in [1.82, 2.24) is 19.4 Å². The topological polar surface area (TPSA) is 101 Å². The van der Waals surface area contributed by atoms with Gasteiger partial charge in [0, 0.05) is 55.4 Å². The fourth-order valence-corrected chi connectivity index (χ4v) is 5.21. The molecule has 35 heavy (non-hydrogen) atoms. The van der Waals surface area contributed by atoms with Gasteiger partial charge in [-0.15, -0.1) is 0 Å². The van der Waals surface area contributed by atoms with E-state index in [-0.39, 0.29) is 24.5 Å². The summed E-state index contributed by atoms with van der Waals surface area (Å²) >= 11 is 0. The Hall–Kier alpha value is -3.17. The molecule has 0 bridgehead atoms. The number of nitrogens with one attached hydrogen (secondary N) is 2. The zero-order valence-electron chi connectivity index (χ0n) is 20.2. The third-order valence-electron chi connectivity index (χ3n) is 7.15. The lowest BCUT2D eigenvalue weighted by Gasteiger charge is -2.35. The Morgan fingerprint density at radius 1 is 1.26 bits per heavy atom. The lowest BCUT2D eigenvalue weighted by molar-refractivity contribution is -0.145. The largest absolute Gasteiger partial charge is 0.459 e. The second-order valence-electron chi connectivity index (χ2n) is 9.46. The quantitative estimate of drug-likeness (QED) is 0.479. The summed E-state index contributed by atoms with van der Waals surface area (Å²) in [6, 6.07) is 8.76. The van der Waals surface area contributed by atoms with Crippen molar-refractivity contribution < 1.29 is 14.3 Å². The number of aromatic nitrogens is 3. The smallest absolute Gasteiger partial charge is 0.326 e. The molecule has 5 rings (SSSR count). The van der Waals surface area contributed by atoms with E-state index in [0.717, 1.165) is 61.9 Å². The van der Waals surface area contributed by atoms with Crippen LogP contribution in [-0.4, -0.2) is 63.8 Å². The Kier molecular flexibility index (Phi) is 7.15. The fraction of sp³-hybridized carbons (Fsp3) is 0.500. The van der Waals surface area contributed by atoms with Crippen LogP contribution in [0.5, 0.6) is 0 Å². The number of carbonyl (C=O) groups is 1. The number of hydrogen-bond acceptors (Lipinski definition) is 7. The fourth-order valence-electron chi connectivity index (χ4n) is 5.21. The van der Waals surface area contributed by atoms with Gasteiger partial charge in [0.15, 0.2) is 5.82 Å². The van der Waals surface area contributed by atoms with E-state index in [0.29, 0.717) is 24.3 Å². The molecule has 9 heteroatoms. The first-order chi connectivity index (χ1) is 17.1. The molecule has 2 fully saturated rings. The van der Waals surface area contributed by atoms with Crippen LogP contribution >= 0.6 is 0 Å². The number of benzene rings is 1. The number of aromatic amines is 1. The van der Waals surface area contributed by atoms with Crippen molar-refractivity contribution in [2.75, 3.05) is 31.6 Å². The molecule has 2 aromatic heterocycles. The highest BCUT2D eigenvalue weighted by Gasteiger charge is 2.31. The lowest BCUT2D eigenvalue weighted by Crippen LogP contribution is -2.45. The summed E-state index contributed by atoms with van der Waals surface area (Å²) < 4.78 is 12.4. The summed E-state index contributed by atoms with van der Waals surface area (Å²) in [7, 11) is 0. The molecular formula is C26H33N5O4. The van der Waals surface area contributed by atoms with Gasteiger partial charge in [0.05, 0.1) is 0 Å². The van der Waals surface area contributed by atoms with Gasteiger partial charge >= 0.3 is 5.97 Å². The standard InChI is InChI=1S/C26H33N5O4/c1-18-14-28-25(29-15-22-3-2-10-30(22)21-7-11-34-12-8-21)26(33)31(18)16-24(32)35-17-19-4-5-23-20(13-19)6-9-27-23/h4-6,9,13-14,21-22,27H,2-3,7-8,10-12,15-17H2,1H3,(H,28,29). The summed E-state index contributed by atoms with van der Waals surface area (Å²) in [5.41, 5.74) is 2.26. The predicted molar refractivity (Wildman–Crippen MR) is 133 cm³/mol. The summed E-state index contributed by atoms with van der Waals surface area (Å²) in [4.78, 5) is 35.7. The molecule has 3 aromatic rings. The Morgan fingerprint density at radius 3 is 2.97 bits per heavy atom. The molecule has 2 aliphatic heterocycles. The van der Waals surface area contributed by atoms with Gasteiger partial charge < -0.3 is 19.8 Å². The van der Waals surface area contributed by atoms with Crippen molar-refractivity contribution >= 4 is 22.7 Å². The maximum absolute atomic E-state index is 13.1. The molecule has 9 nitrogen and oxygen atoms in total. The molecule has 2 N–H and O–H groups in total. The molecule has 1 unspecified atom stereocenters. The number of fused-ring (bicyclic) bond motifs is 1. The molecule has 4 heterocycles. The summed E-state index contributed by atoms with van der Waals surface area (Å²) in [6.07, 6.45) is 7.89. The van der Waals surface area contributed by atoms with Crippen LogP contribution in [0, 0.1) is 6.92 Å². The van der Waals surface area contributed by atoms with Gasteiger partial charge in [0.1, 0.15) is 13.2 Å². The average molecular weight is 480 g/mol. The number of aryl methyl sites for hydroxylation is 1. The number of carbonyl (C=O) groups excluding carboxylic acids is 1. The highest BCUT2D eigenvalue weighted by Crippen LogP contribution is 2.25. The normalized spacial score (nSPS) is 19.3. The van der Waals surface area contributed by atoms with Crippen LogP contribution in [0.25, 0.3) is 10.9 Å². The molecule has 0 saturated carbocycles. The van der Waals surface area contributed by atoms with Gasteiger partial charge in [-0.3, -0.25) is 19.1 Å². The number of H-pyrrole nitrogens is 1. The van der Waals surface area contributed by atoms with Crippen LogP contribution < -0.4 is 10.9 Å². The number of rotatable bonds is 8. The minimum atomic E-state index is -0.456. The van der Waals surface area contributed by atoms with Gasteiger partial charge in [-0.25, -0.2) is 4.98 Å². The molecule has 2 saturated heterocycles. The highest BCUT2D eigenvalue weighted by atomic mass is 16.5. The predicted octanol–water partition coefficient (Wildman–Crippen LogP) is 2.83. The number of esters is 1. The van der Waals surface area contributed by atoms with Gasteiger partial charge in [-0.1, -0.05) is 6.07 Å². The van der Waals surface area contributed by atoms with Crippen LogP contribution in [0.3, 0.4) is 0 Å². The van der Waals surface area contributed by atoms with E-state index in [1.54, 1.807) is 13.1 Å². The van der Waals surface area contributed by atoms with E-state index >= 15 is 0 Å². The maximum atomic E-state index is 13.1. The number of nitrogens with zero attached hydrogens (tertiary/aromatic N) is 3. The van der Waals surface area contributed by atoms with Crippen LogP contribution in [0.2, 0.25) is 0 Å². The zero-order valence-corrected chi connectivity index (χ0v) is 20.2. The van der Waals surface area contributed by atoms with Crippen molar-refractivity contribution in [3.63, 3.8) is 0 Å². The van der Waals surface area contributed by atoms with Crippen LogP contribution in [0.15, 0.2) is 41.5 Å². The van der Waals surface area contributed by atoms with E-state index in [2.05, 4.69) is 20.2 Å². The first kappa shape index (κ1) is 23.6. The molecule has 0 aliphatic carbocycles. The summed E-state index contributed by atoms with van der Waals surface area (Å²) in [5, 5.41) is 4.33. The molecule has 1 aromatic carbocycles. The Labute approximate surface area is 204 Å². The van der Waals surface area contributed by atoms with E-state index in [1.165, 1.54) is 4.57 Å². The third kappa shape index (κ3) is 5.41. The van der Waals surface area contributed by atoms with Crippen LogP contribution in [0.1, 0.15) is 36.9 Å². The van der Waals surface area contributed by atoms with Crippen LogP contribution in [-0.2, 0) is 27.4 Å². The Morgan fingerprint density at radius 2 is 2.11 bits per heavy atom. The second-order valence-corrected chi connectivity index (χ2v) is 9.46. The average Bonchev–Trinajstić information content (AvgIpc) is 3.54. The van der Waals surface area contributed by atoms with Gasteiger partial charge in [0.2, 0.25) is 0 Å². The lowest BCUT2D eigenvalue weighted by atomic mass is 10.1. The van der Waals surface area contributed by atoms with Crippen molar-refractivity contribution in [2.24, 2.45) is 0 Å². The van der Waals surface area contributed by atoms with Crippen molar-refractivity contribution in [2.45, 2.75) is 57.8 Å². The summed E-state index contributed by atoms with van der Waals surface area (Å²) in [6.45, 7) is 5.18. The van der Waals surface area contributed by atoms with E-state index in [9.17, 15) is 9.59 Å². The maximum Gasteiger partial charge on any atom is 0.326 e. The monoisotopic (exact) mass is 479 g/mol. The van der Waals surface area contributed by atoms with Crippen molar-refractivity contribution in [1.29, 1.82) is 0 Å². The molecule has 0 spiro atoms. The van der Waals surface area contributed by atoms with E-state index < -0.39 is 5.97 Å². The van der Waals surface area contributed by atoms with E-state index in [4.69, 9.17) is 9.47 Å².